The Morgan fingerprint density at radius 2 is 1.74 bits per heavy atom. The molecular formula is C25H27NO4S. The average molecular weight is 438 g/mol. The first kappa shape index (κ1) is 22.6. The van der Waals surface area contributed by atoms with Gasteiger partial charge in [-0.25, -0.2) is 4.79 Å². The first-order chi connectivity index (χ1) is 14.8. The topological polar surface area (TPSA) is 64.6 Å². The Hall–Kier alpha value is -3.12. The van der Waals surface area contributed by atoms with Gasteiger partial charge in [0.15, 0.2) is 0 Å². The zero-order valence-corrected chi connectivity index (χ0v) is 19.3. The molecule has 0 atom stereocenters. The van der Waals surface area contributed by atoms with Gasteiger partial charge in [-0.2, -0.15) is 0 Å². The Morgan fingerprint density at radius 1 is 1.03 bits per heavy atom. The van der Waals surface area contributed by atoms with Crippen LogP contribution >= 0.6 is 11.3 Å². The van der Waals surface area contributed by atoms with Crippen molar-refractivity contribution in [1.82, 2.24) is 0 Å². The smallest absolute Gasteiger partial charge is 0.341 e. The molecule has 0 radical (unpaired) electrons. The molecule has 0 aliphatic carbocycles. The van der Waals surface area contributed by atoms with Gasteiger partial charge in [-0.3, -0.25) is 4.79 Å². The predicted octanol–water partition coefficient (Wildman–Crippen LogP) is 6.25. The van der Waals surface area contributed by atoms with Crippen molar-refractivity contribution in [3.05, 3.63) is 70.1 Å². The van der Waals surface area contributed by atoms with E-state index in [1.54, 1.807) is 31.2 Å². The minimum absolute atomic E-state index is 0.0570. The number of hydrogen-bond acceptors (Lipinski definition) is 5. The number of nitrogens with one attached hydrogen (secondary N) is 1. The van der Waals surface area contributed by atoms with Crippen LogP contribution in [-0.2, 0) is 4.74 Å². The van der Waals surface area contributed by atoms with Crippen LogP contribution in [0, 0.1) is 13.8 Å². The minimum Gasteiger partial charge on any atom is -0.491 e. The van der Waals surface area contributed by atoms with E-state index < -0.39 is 5.97 Å². The molecule has 0 saturated heterocycles. The van der Waals surface area contributed by atoms with Gasteiger partial charge < -0.3 is 14.8 Å². The second-order valence-corrected chi connectivity index (χ2v) is 8.42. The molecule has 2 aromatic carbocycles. The van der Waals surface area contributed by atoms with Gasteiger partial charge in [-0.05, 0) is 70.0 Å². The van der Waals surface area contributed by atoms with Crippen molar-refractivity contribution in [2.75, 3.05) is 11.9 Å². The van der Waals surface area contributed by atoms with Crippen molar-refractivity contribution in [1.29, 1.82) is 0 Å². The molecule has 1 aromatic heterocycles. The van der Waals surface area contributed by atoms with Crippen molar-refractivity contribution in [3.8, 4) is 16.9 Å². The maximum atomic E-state index is 12.8. The van der Waals surface area contributed by atoms with Gasteiger partial charge in [0, 0.05) is 16.5 Å². The Bertz CT molecular complexity index is 1080. The number of benzene rings is 2. The molecule has 162 valence electrons. The van der Waals surface area contributed by atoms with Gasteiger partial charge in [0.1, 0.15) is 16.3 Å². The monoisotopic (exact) mass is 437 g/mol. The van der Waals surface area contributed by atoms with Crippen molar-refractivity contribution >= 4 is 28.2 Å². The molecule has 5 nitrogen and oxygen atoms in total. The SMILES string of the molecule is CCOC(=O)c1c(-c2ccc(C)cc2C)csc1NC(=O)c1ccc(OC(C)C)cc1. The van der Waals surface area contributed by atoms with Crippen molar-refractivity contribution in [2.24, 2.45) is 0 Å². The lowest BCUT2D eigenvalue weighted by Crippen LogP contribution is -2.15. The Kier molecular flexibility index (Phi) is 7.13. The molecule has 1 amide bonds. The van der Waals surface area contributed by atoms with E-state index in [1.165, 1.54) is 11.3 Å². The molecule has 3 aromatic rings. The summed E-state index contributed by atoms with van der Waals surface area (Å²) in [5.74, 6) is -0.0441. The highest BCUT2D eigenvalue weighted by Gasteiger charge is 2.24. The summed E-state index contributed by atoms with van der Waals surface area (Å²) in [7, 11) is 0. The second-order valence-electron chi connectivity index (χ2n) is 7.54. The lowest BCUT2D eigenvalue weighted by atomic mass is 9.97. The third-order valence-electron chi connectivity index (χ3n) is 4.66. The number of thiophene rings is 1. The fourth-order valence-corrected chi connectivity index (χ4v) is 4.25. The molecule has 1 heterocycles. The summed E-state index contributed by atoms with van der Waals surface area (Å²) in [5.41, 5.74) is 4.77. The molecule has 0 aliphatic heterocycles. The second kappa shape index (κ2) is 9.79. The van der Waals surface area contributed by atoms with Crippen LogP contribution in [0.1, 0.15) is 52.6 Å². The summed E-state index contributed by atoms with van der Waals surface area (Å²) in [6.45, 7) is 9.95. The van der Waals surface area contributed by atoms with Crippen molar-refractivity contribution in [3.63, 3.8) is 0 Å². The average Bonchev–Trinajstić information content (AvgIpc) is 3.11. The first-order valence-electron chi connectivity index (χ1n) is 10.2. The highest BCUT2D eigenvalue weighted by molar-refractivity contribution is 7.15. The van der Waals surface area contributed by atoms with E-state index in [4.69, 9.17) is 9.47 Å². The van der Waals surface area contributed by atoms with Crippen LogP contribution in [0.5, 0.6) is 5.75 Å². The van der Waals surface area contributed by atoms with E-state index in [2.05, 4.69) is 11.4 Å². The van der Waals surface area contributed by atoms with E-state index >= 15 is 0 Å². The molecule has 6 heteroatoms. The molecule has 3 rings (SSSR count). The number of ether oxygens (including phenoxy) is 2. The molecule has 1 N–H and O–H groups in total. The standard InChI is InChI=1S/C25H27NO4S/c1-6-29-25(28)22-21(20-12-7-16(4)13-17(20)5)14-31-24(22)26-23(27)18-8-10-19(11-9-18)30-15(2)3/h7-15H,6H2,1-5H3,(H,26,27). The van der Waals surface area contributed by atoms with Crippen LogP contribution in [0.4, 0.5) is 5.00 Å². The van der Waals surface area contributed by atoms with Crippen LogP contribution < -0.4 is 10.1 Å². The summed E-state index contributed by atoms with van der Waals surface area (Å²) < 4.78 is 10.9. The number of amides is 1. The predicted molar refractivity (Wildman–Crippen MR) is 125 cm³/mol. The molecule has 0 aliphatic rings. The van der Waals surface area contributed by atoms with Crippen LogP contribution in [0.15, 0.2) is 47.8 Å². The zero-order valence-electron chi connectivity index (χ0n) is 18.4. The highest BCUT2D eigenvalue weighted by atomic mass is 32.1. The number of anilines is 1. The van der Waals surface area contributed by atoms with Gasteiger partial charge in [-0.1, -0.05) is 23.8 Å². The van der Waals surface area contributed by atoms with Crippen molar-refractivity contribution < 1.29 is 19.1 Å². The largest absolute Gasteiger partial charge is 0.491 e. The van der Waals surface area contributed by atoms with E-state index in [-0.39, 0.29) is 18.6 Å². The molecule has 0 unspecified atom stereocenters. The summed E-state index contributed by atoms with van der Waals surface area (Å²) in [4.78, 5) is 25.6. The quantitative estimate of drug-likeness (QED) is 0.444. The summed E-state index contributed by atoms with van der Waals surface area (Å²) in [5, 5.41) is 5.25. The third kappa shape index (κ3) is 5.33. The Balaban J connectivity index is 1.92. The van der Waals surface area contributed by atoms with Crippen molar-refractivity contribution in [2.45, 2.75) is 40.7 Å². The molecule has 0 fully saturated rings. The van der Waals surface area contributed by atoms with E-state index in [0.29, 0.717) is 21.9 Å². The van der Waals surface area contributed by atoms with E-state index in [1.807, 2.05) is 45.2 Å². The molecule has 31 heavy (non-hydrogen) atoms. The Morgan fingerprint density at radius 3 is 2.35 bits per heavy atom. The fraction of sp³-hybridized carbons (Fsp3) is 0.280. The number of rotatable bonds is 7. The van der Waals surface area contributed by atoms with Crippen LogP contribution in [-0.4, -0.2) is 24.6 Å². The first-order valence-corrected chi connectivity index (χ1v) is 11.1. The summed E-state index contributed by atoms with van der Waals surface area (Å²) >= 11 is 1.32. The maximum Gasteiger partial charge on any atom is 0.341 e. The third-order valence-corrected chi connectivity index (χ3v) is 5.55. The van der Waals surface area contributed by atoms with Gasteiger partial charge >= 0.3 is 5.97 Å². The normalized spacial score (nSPS) is 10.8. The fourth-order valence-electron chi connectivity index (χ4n) is 3.30. The molecular weight excluding hydrogens is 410 g/mol. The molecule has 0 bridgehead atoms. The maximum absolute atomic E-state index is 12.8. The summed E-state index contributed by atoms with van der Waals surface area (Å²) in [6, 6.07) is 13.0. The molecule has 0 spiro atoms. The zero-order chi connectivity index (χ0) is 22.5. The van der Waals surface area contributed by atoms with Gasteiger partial charge in [0.05, 0.1) is 12.7 Å². The summed E-state index contributed by atoms with van der Waals surface area (Å²) in [6.07, 6.45) is 0.0570. The van der Waals surface area contributed by atoms with Gasteiger partial charge in [0.2, 0.25) is 0 Å². The lowest BCUT2D eigenvalue weighted by Gasteiger charge is -2.12. The molecule has 0 saturated carbocycles. The number of carbonyl (C=O) groups is 2. The number of esters is 1. The lowest BCUT2D eigenvalue weighted by molar-refractivity contribution is 0.0529. The number of hydrogen-bond donors (Lipinski definition) is 1. The number of carbonyl (C=O) groups excluding carboxylic acids is 2. The highest BCUT2D eigenvalue weighted by Crippen LogP contribution is 2.38. The number of aryl methyl sites for hydroxylation is 2. The van der Waals surface area contributed by atoms with E-state index in [0.717, 1.165) is 22.3 Å². The van der Waals surface area contributed by atoms with Gasteiger partial charge in [0.25, 0.3) is 5.91 Å². The van der Waals surface area contributed by atoms with Crippen LogP contribution in [0.3, 0.4) is 0 Å². The Labute approximate surface area is 187 Å². The van der Waals surface area contributed by atoms with Gasteiger partial charge in [-0.15, -0.1) is 11.3 Å². The minimum atomic E-state index is -0.449. The van der Waals surface area contributed by atoms with E-state index in [9.17, 15) is 9.59 Å². The van der Waals surface area contributed by atoms with Crippen LogP contribution in [0.2, 0.25) is 0 Å². The van der Waals surface area contributed by atoms with Crippen LogP contribution in [0.25, 0.3) is 11.1 Å².